The maximum atomic E-state index is 11.4. The molecular formula is C10H9NO4S. The van der Waals surface area contributed by atoms with E-state index < -0.39 is 4.92 Å². The number of methoxy groups -OCH3 is 1. The minimum absolute atomic E-state index is 0.0638. The Balaban J connectivity index is 2.34. The highest BCUT2D eigenvalue weighted by molar-refractivity contribution is 8.01. The van der Waals surface area contributed by atoms with Crippen molar-refractivity contribution in [1.82, 2.24) is 0 Å². The van der Waals surface area contributed by atoms with Gasteiger partial charge in [-0.15, -0.1) is 11.8 Å². The minimum atomic E-state index is -0.425. The Morgan fingerprint density at radius 2 is 2.38 bits per heavy atom. The van der Waals surface area contributed by atoms with E-state index >= 15 is 0 Å². The first-order chi connectivity index (χ1) is 7.63. The van der Waals surface area contributed by atoms with Crippen molar-refractivity contribution >= 4 is 23.4 Å². The van der Waals surface area contributed by atoms with Gasteiger partial charge >= 0.3 is 5.97 Å². The maximum Gasteiger partial charge on any atom is 0.319 e. The number of nitro benzene ring substituents is 1. The van der Waals surface area contributed by atoms with E-state index in [1.54, 1.807) is 12.1 Å². The summed E-state index contributed by atoms with van der Waals surface area (Å²) in [6, 6.07) is 4.89. The van der Waals surface area contributed by atoms with Gasteiger partial charge in [-0.2, -0.15) is 0 Å². The molecule has 2 rings (SSSR count). The van der Waals surface area contributed by atoms with E-state index in [0.717, 1.165) is 5.56 Å². The fourth-order valence-corrected chi connectivity index (χ4v) is 2.96. The summed E-state index contributed by atoms with van der Waals surface area (Å²) in [4.78, 5) is 22.3. The number of hydrogen-bond donors (Lipinski definition) is 0. The van der Waals surface area contributed by atoms with Gasteiger partial charge in [0.15, 0.2) is 0 Å². The summed E-state index contributed by atoms with van der Waals surface area (Å²) in [5.41, 5.74) is 0.906. The molecule has 1 aliphatic rings. The van der Waals surface area contributed by atoms with Crippen LogP contribution in [0.1, 0.15) is 5.56 Å². The molecule has 0 saturated heterocycles. The molecule has 0 spiro atoms. The lowest BCUT2D eigenvalue weighted by Crippen LogP contribution is -2.17. The van der Waals surface area contributed by atoms with Crippen molar-refractivity contribution in [2.45, 2.75) is 16.6 Å². The fraction of sp³-hybridized carbons (Fsp3) is 0.300. The summed E-state index contributed by atoms with van der Waals surface area (Å²) in [5.74, 6) is -0.338. The number of carbonyl (C=O) groups excluding carboxylic acids is 1. The third-order valence-corrected chi connectivity index (χ3v) is 3.75. The molecule has 84 valence electrons. The van der Waals surface area contributed by atoms with Crippen LogP contribution in [0, 0.1) is 10.1 Å². The number of nitro groups is 1. The number of ether oxygens (including phenoxy) is 1. The van der Waals surface area contributed by atoms with Gasteiger partial charge in [0, 0.05) is 6.07 Å². The van der Waals surface area contributed by atoms with Gasteiger partial charge < -0.3 is 4.74 Å². The van der Waals surface area contributed by atoms with Crippen LogP contribution < -0.4 is 0 Å². The lowest BCUT2D eigenvalue weighted by molar-refractivity contribution is -0.387. The molecular weight excluding hydrogens is 230 g/mol. The van der Waals surface area contributed by atoms with Crippen LogP contribution in [0.4, 0.5) is 5.69 Å². The van der Waals surface area contributed by atoms with Gasteiger partial charge in [-0.05, 0) is 12.0 Å². The first kappa shape index (κ1) is 10.9. The Hall–Kier alpha value is -1.56. The highest BCUT2D eigenvalue weighted by Gasteiger charge is 2.33. The van der Waals surface area contributed by atoms with Crippen LogP contribution in [0.25, 0.3) is 0 Å². The van der Waals surface area contributed by atoms with Crippen LogP contribution in [0.3, 0.4) is 0 Å². The molecule has 1 heterocycles. The summed E-state index contributed by atoms with van der Waals surface area (Å²) in [7, 11) is 1.32. The second-order valence-corrected chi connectivity index (χ2v) is 4.57. The molecule has 1 atom stereocenters. The quantitative estimate of drug-likeness (QED) is 0.447. The van der Waals surface area contributed by atoms with Crippen molar-refractivity contribution < 1.29 is 14.5 Å². The van der Waals surface area contributed by atoms with Crippen molar-refractivity contribution in [2.75, 3.05) is 7.11 Å². The van der Waals surface area contributed by atoms with Gasteiger partial charge in [0.2, 0.25) is 0 Å². The van der Waals surface area contributed by atoms with Crippen molar-refractivity contribution in [3.8, 4) is 0 Å². The zero-order valence-corrected chi connectivity index (χ0v) is 9.32. The van der Waals surface area contributed by atoms with Crippen molar-refractivity contribution in [3.05, 3.63) is 33.9 Å². The smallest absolute Gasteiger partial charge is 0.319 e. The number of rotatable bonds is 2. The molecule has 16 heavy (non-hydrogen) atoms. The van der Waals surface area contributed by atoms with Gasteiger partial charge in [0.05, 0.1) is 16.9 Å². The van der Waals surface area contributed by atoms with E-state index in [2.05, 4.69) is 4.74 Å². The van der Waals surface area contributed by atoms with E-state index in [9.17, 15) is 14.9 Å². The van der Waals surface area contributed by atoms with Crippen molar-refractivity contribution in [3.63, 3.8) is 0 Å². The summed E-state index contributed by atoms with van der Waals surface area (Å²) in [6.45, 7) is 0. The molecule has 1 unspecified atom stereocenters. The highest BCUT2D eigenvalue weighted by atomic mass is 32.2. The van der Waals surface area contributed by atoms with E-state index in [0.29, 0.717) is 11.3 Å². The molecule has 0 amide bonds. The molecule has 0 aromatic heterocycles. The van der Waals surface area contributed by atoms with Crippen LogP contribution in [0.2, 0.25) is 0 Å². The second kappa shape index (κ2) is 4.13. The number of nitrogens with zero attached hydrogens (tertiary/aromatic N) is 1. The van der Waals surface area contributed by atoms with E-state index in [-0.39, 0.29) is 16.9 Å². The van der Waals surface area contributed by atoms with Gasteiger partial charge in [0.1, 0.15) is 5.25 Å². The number of esters is 1. The van der Waals surface area contributed by atoms with E-state index in [4.69, 9.17) is 0 Å². The number of fused-ring (bicyclic) bond motifs is 1. The van der Waals surface area contributed by atoms with E-state index in [1.807, 2.05) is 0 Å². The molecule has 1 aromatic carbocycles. The monoisotopic (exact) mass is 239 g/mol. The predicted molar refractivity (Wildman–Crippen MR) is 58.5 cm³/mol. The van der Waals surface area contributed by atoms with E-state index in [1.165, 1.54) is 24.9 Å². The molecule has 1 aliphatic heterocycles. The Labute approximate surface area is 95.9 Å². The Bertz CT molecular complexity index is 460. The Kier molecular flexibility index (Phi) is 2.82. The van der Waals surface area contributed by atoms with Crippen molar-refractivity contribution in [2.24, 2.45) is 0 Å². The van der Waals surface area contributed by atoms with Crippen LogP contribution in [0.15, 0.2) is 23.1 Å². The van der Waals surface area contributed by atoms with Crippen LogP contribution in [0.5, 0.6) is 0 Å². The molecule has 1 aromatic rings. The molecule has 0 radical (unpaired) electrons. The Morgan fingerprint density at radius 3 is 3.00 bits per heavy atom. The van der Waals surface area contributed by atoms with Crippen molar-refractivity contribution in [1.29, 1.82) is 0 Å². The first-order valence-corrected chi connectivity index (χ1v) is 5.52. The van der Waals surface area contributed by atoms with Gasteiger partial charge in [0.25, 0.3) is 5.69 Å². The second-order valence-electron chi connectivity index (χ2n) is 3.36. The fourth-order valence-electron chi connectivity index (χ4n) is 1.66. The SMILES string of the molecule is COC(=O)C1Cc2cccc([N+](=O)[O-])c2S1. The number of thioether (sulfide) groups is 1. The summed E-state index contributed by atoms with van der Waals surface area (Å²) in [6.07, 6.45) is 0.494. The van der Waals surface area contributed by atoms with Crippen LogP contribution in [-0.2, 0) is 16.0 Å². The summed E-state index contributed by atoms with van der Waals surface area (Å²) in [5, 5.41) is 10.4. The highest BCUT2D eigenvalue weighted by Crippen LogP contribution is 2.42. The third-order valence-electron chi connectivity index (χ3n) is 2.40. The van der Waals surface area contributed by atoms with Gasteiger partial charge in [-0.3, -0.25) is 14.9 Å². The normalized spacial score (nSPS) is 17.9. The summed E-state index contributed by atoms with van der Waals surface area (Å²) < 4.78 is 4.64. The largest absolute Gasteiger partial charge is 0.468 e. The number of hydrogen-bond acceptors (Lipinski definition) is 5. The summed E-state index contributed by atoms with van der Waals surface area (Å²) >= 11 is 1.21. The molecule has 5 nitrogen and oxygen atoms in total. The number of carbonyl (C=O) groups is 1. The average Bonchev–Trinajstić information content (AvgIpc) is 2.70. The Morgan fingerprint density at radius 1 is 1.62 bits per heavy atom. The third kappa shape index (κ3) is 1.76. The zero-order chi connectivity index (χ0) is 11.7. The molecule has 0 aliphatic carbocycles. The predicted octanol–water partition coefficient (Wildman–Crippen LogP) is 1.78. The lowest BCUT2D eigenvalue weighted by atomic mass is 10.1. The van der Waals surface area contributed by atoms with Gasteiger partial charge in [-0.1, -0.05) is 12.1 Å². The average molecular weight is 239 g/mol. The molecule has 0 saturated carbocycles. The van der Waals surface area contributed by atoms with Crippen LogP contribution in [-0.4, -0.2) is 23.3 Å². The first-order valence-electron chi connectivity index (χ1n) is 4.64. The molecule has 0 bridgehead atoms. The van der Waals surface area contributed by atoms with Gasteiger partial charge in [-0.25, -0.2) is 0 Å². The standard InChI is InChI=1S/C10H9NO4S/c1-15-10(12)8-5-6-3-2-4-7(11(13)14)9(6)16-8/h2-4,8H,5H2,1H3. The van der Waals surface area contributed by atoms with Crippen LogP contribution >= 0.6 is 11.8 Å². The lowest BCUT2D eigenvalue weighted by Gasteiger charge is -2.03. The molecule has 0 fully saturated rings. The zero-order valence-electron chi connectivity index (χ0n) is 8.50. The topological polar surface area (TPSA) is 69.4 Å². The minimum Gasteiger partial charge on any atom is -0.468 e. The number of benzene rings is 1. The molecule has 6 heteroatoms. The maximum absolute atomic E-state index is 11.4. The molecule has 0 N–H and O–H groups in total.